The predicted molar refractivity (Wildman–Crippen MR) is 94.0 cm³/mol. The fourth-order valence-electron chi connectivity index (χ4n) is 2.90. The molecule has 0 bridgehead atoms. The molecular formula is C18H26K4N2O12. The number of rotatable bonds is 6. The summed E-state index contributed by atoms with van der Waals surface area (Å²) in [4.78, 5) is 46.8. The maximum Gasteiger partial charge on any atom is 1.00 e. The summed E-state index contributed by atoms with van der Waals surface area (Å²) >= 11 is 0. The van der Waals surface area contributed by atoms with Crippen LogP contribution in [0.2, 0.25) is 0 Å². The number of hydrogen-bond acceptors (Lipinski definition) is 14. The molecule has 1 heterocycles. The molecule has 0 saturated carbocycles. The molecule has 184 valence electrons. The normalized spacial score (nSPS) is 17.6. The summed E-state index contributed by atoms with van der Waals surface area (Å²) in [6.07, 6.45) is 0. The van der Waals surface area contributed by atoms with Crippen molar-refractivity contribution in [1.82, 2.24) is 9.80 Å². The summed E-state index contributed by atoms with van der Waals surface area (Å²) in [6, 6.07) is -3.93. The molecule has 1 aliphatic rings. The first-order valence-corrected chi connectivity index (χ1v) is 9.88. The number of ether oxygens (including phenoxy) is 4. The van der Waals surface area contributed by atoms with Gasteiger partial charge in [-0.1, -0.05) is 0 Å². The van der Waals surface area contributed by atoms with Crippen LogP contribution in [-0.4, -0.2) is 125 Å². The van der Waals surface area contributed by atoms with Gasteiger partial charge < -0.3 is 58.6 Å². The van der Waals surface area contributed by atoms with E-state index in [4.69, 9.17) is 18.9 Å². The molecule has 1 rings (SSSR count). The Balaban J connectivity index is -0.00000128. The first kappa shape index (κ1) is 47.1. The van der Waals surface area contributed by atoms with Crippen LogP contribution >= 0.6 is 0 Å². The molecule has 0 aromatic rings. The van der Waals surface area contributed by atoms with Gasteiger partial charge in [0.05, 0.1) is 88.8 Å². The topological polar surface area (TPSA) is 204 Å². The van der Waals surface area contributed by atoms with Crippen LogP contribution in [0.5, 0.6) is 0 Å². The third-order valence-electron chi connectivity index (χ3n) is 4.46. The number of nitrogens with zero attached hydrogens (tertiary/aromatic N) is 2. The molecule has 0 aliphatic carbocycles. The number of aliphatic carboxylic acids is 4. The van der Waals surface area contributed by atoms with E-state index >= 15 is 0 Å². The summed E-state index contributed by atoms with van der Waals surface area (Å²) in [7, 11) is 0. The molecule has 18 heteroatoms. The monoisotopic (exact) mass is 618 g/mol. The molecule has 0 aromatic carbocycles. The molecule has 36 heavy (non-hydrogen) atoms. The fourth-order valence-corrected chi connectivity index (χ4v) is 2.90. The standard InChI is InChI=1S/C18H30N2O12.4K/c21-15(22)13(16(23)24)19-1-5-29-9-10-31-7-3-20(14(17(25)26)18(27)28)4-8-32-12-11-30-6-2-19;;;;/h13-14H,1-12H2,(H,21,22)(H,23,24)(H,25,26)(H,27,28);;;;/q;4*+1/p-4. The third-order valence-corrected chi connectivity index (χ3v) is 4.46. The minimum Gasteiger partial charge on any atom is -0.548 e. The van der Waals surface area contributed by atoms with E-state index in [1.807, 2.05) is 0 Å². The Labute approximate surface area is 379 Å². The van der Waals surface area contributed by atoms with Gasteiger partial charge in [0.1, 0.15) is 0 Å². The molecular weight excluding hydrogens is 593 g/mol. The summed E-state index contributed by atoms with van der Waals surface area (Å²) < 4.78 is 21.2. The van der Waals surface area contributed by atoms with Crippen molar-refractivity contribution < 1.29 is 264 Å². The van der Waals surface area contributed by atoms with Crippen molar-refractivity contribution in [3.63, 3.8) is 0 Å². The Kier molecular flexibility index (Phi) is 38.3. The summed E-state index contributed by atoms with van der Waals surface area (Å²) in [6.45, 7) is -0.0340. The number of carbonyl (C=O) groups is 4. The average Bonchev–Trinajstić information content (AvgIpc) is 2.69. The summed E-state index contributed by atoms with van der Waals surface area (Å²) in [5.74, 6) is -7.24. The second kappa shape index (κ2) is 29.3. The maximum absolute atomic E-state index is 11.1. The number of carbonyl (C=O) groups excluding carboxylic acids is 4. The van der Waals surface area contributed by atoms with Gasteiger partial charge in [-0.15, -0.1) is 0 Å². The third kappa shape index (κ3) is 21.0. The first-order valence-electron chi connectivity index (χ1n) is 9.88. The summed E-state index contributed by atoms with van der Waals surface area (Å²) in [5, 5.41) is 44.6. The zero-order valence-electron chi connectivity index (χ0n) is 21.4. The van der Waals surface area contributed by atoms with Crippen molar-refractivity contribution in [2.45, 2.75) is 12.1 Å². The van der Waals surface area contributed by atoms with Crippen molar-refractivity contribution in [2.75, 3.05) is 79.0 Å². The van der Waals surface area contributed by atoms with Gasteiger partial charge >= 0.3 is 206 Å². The number of carboxylic acids is 4. The Bertz CT molecular complexity index is 535. The van der Waals surface area contributed by atoms with Crippen molar-refractivity contribution in [1.29, 1.82) is 0 Å². The Morgan fingerprint density at radius 1 is 0.444 bits per heavy atom. The Morgan fingerprint density at radius 2 is 0.639 bits per heavy atom. The Hall–Kier alpha value is 4.19. The molecule has 0 unspecified atom stereocenters. The van der Waals surface area contributed by atoms with Crippen LogP contribution in [0, 0.1) is 0 Å². The largest absolute Gasteiger partial charge is 1.00 e. The van der Waals surface area contributed by atoms with Crippen LogP contribution in [-0.2, 0) is 38.1 Å². The van der Waals surface area contributed by atoms with E-state index in [0.717, 1.165) is 9.80 Å². The molecule has 0 amide bonds. The second-order valence-corrected chi connectivity index (χ2v) is 6.60. The van der Waals surface area contributed by atoms with E-state index in [-0.39, 0.29) is 285 Å². The van der Waals surface area contributed by atoms with Gasteiger partial charge in [0.15, 0.2) is 0 Å². The quantitative estimate of drug-likeness (QED) is 0.200. The van der Waals surface area contributed by atoms with Gasteiger partial charge in [-0.05, 0) is 0 Å². The van der Waals surface area contributed by atoms with Gasteiger partial charge in [-0.25, -0.2) is 0 Å². The smallest absolute Gasteiger partial charge is 0.548 e. The molecule has 0 N–H and O–H groups in total. The second-order valence-electron chi connectivity index (χ2n) is 6.60. The van der Waals surface area contributed by atoms with Gasteiger partial charge in [0, 0.05) is 26.2 Å². The van der Waals surface area contributed by atoms with Crippen molar-refractivity contribution in [3.8, 4) is 0 Å². The zero-order chi connectivity index (χ0) is 23.9. The van der Waals surface area contributed by atoms with Crippen molar-refractivity contribution in [3.05, 3.63) is 0 Å². The summed E-state index contributed by atoms with van der Waals surface area (Å²) in [5.41, 5.74) is 0. The van der Waals surface area contributed by atoms with E-state index in [2.05, 4.69) is 0 Å². The molecule has 0 atom stereocenters. The molecule has 0 radical (unpaired) electrons. The van der Waals surface area contributed by atoms with Crippen LogP contribution in [0.1, 0.15) is 0 Å². The van der Waals surface area contributed by atoms with Gasteiger partial charge in [-0.3, -0.25) is 9.80 Å². The molecule has 1 fully saturated rings. The van der Waals surface area contributed by atoms with E-state index in [1.165, 1.54) is 0 Å². The molecule has 0 aromatic heterocycles. The van der Waals surface area contributed by atoms with Crippen LogP contribution < -0.4 is 226 Å². The molecule has 1 saturated heterocycles. The van der Waals surface area contributed by atoms with Gasteiger partial charge in [0.2, 0.25) is 0 Å². The zero-order valence-corrected chi connectivity index (χ0v) is 33.9. The number of carboxylic acid groups (broad SMARTS) is 4. The minimum absolute atomic E-state index is 0. The average molecular weight is 619 g/mol. The first-order chi connectivity index (χ1) is 15.3. The van der Waals surface area contributed by atoms with Crippen LogP contribution in [0.4, 0.5) is 0 Å². The van der Waals surface area contributed by atoms with Crippen molar-refractivity contribution in [2.24, 2.45) is 0 Å². The molecule has 14 nitrogen and oxygen atoms in total. The Morgan fingerprint density at radius 3 is 0.806 bits per heavy atom. The fraction of sp³-hybridized carbons (Fsp3) is 0.778. The van der Waals surface area contributed by atoms with Crippen LogP contribution in [0.3, 0.4) is 0 Å². The van der Waals surface area contributed by atoms with Crippen LogP contribution in [0.25, 0.3) is 0 Å². The van der Waals surface area contributed by atoms with Gasteiger partial charge in [-0.2, -0.15) is 0 Å². The molecule has 1 aliphatic heterocycles. The van der Waals surface area contributed by atoms with E-state index < -0.39 is 36.0 Å². The molecule has 0 spiro atoms. The van der Waals surface area contributed by atoms with Gasteiger partial charge in [0.25, 0.3) is 0 Å². The van der Waals surface area contributed by atoms with Crippen LogP contribution in [0.15, 0.2) is 0 Å². The maximum atomic E-state index is 11.1. The van der Waals surface area contributed by atoms with Crippen molar-refractivity contribution >= 4 is 23.9 Å². The minimum atomic E-state index is -1.97. The van der Waals surface area contributed by atoms with E-state index in [9.17, 15) is 39.6 Å². The van der Waals surface area contributed by atoms with E-state index in [0.29, 0.717) is 0 Å². The number of hydrogen-bond donors (Lipinski definition) is 0. The predicted octanol–water partition coefficient (Wildman–Crippen LogP) is -19.6. The SMILES string of the molecule is O=C([O-])C(C(=O)[O-])N1CCOCCOCCN(C(C(=O)[O-])C(=O)[O-])CCOCCOCC1.[K+].[K+].[K+].[K+]. The van der Waals surface area contributed by atoms with E-state index in [1.54, 1.807) is 0 Å².